The van der Waals surface area contributed by atoms with Crippen LogP contribution in [0.25, 0.3) is 0 Å². The highest BCUT2D eigenvalue weighted by molar-refractivity contribution is 6.31. The zero-order valence-electron chi connectivity index (χ0n) is 27.3. The molecule has 46 heavy (non-hydrogen) atoms. The van der Waals surface area contributed by atoms with E-state index in [1.807, 2.05) is 14.0 Å². The van der Waals surface area contributed by atoms with Crippen LogP contribution in [0, 0.1) is 11.7 Å². The highest BCUT2D eigenvalue weighted by atomic mass is 35.5. The number of nitrogens with zero attached hydrogens (tertiary/aromatic N) is 4. The Hall–Kier alpha value is -3.51. The topological polar surface area (TPSA) is 129 Å². The number of benzene rings is 1. The first-order valence-corrected chi connectivity index (χ1v) is 16.8. The second-order valence-corrected chi connectivity index (χ2v) is 12.8. The van der Waals surface area contributed by atoms with Gasteiger partial charge >= 0.3 is 0 Å². The number of anilines is 1. The molecular formula is C33H47ClFN7O4. The first-order chi connectivity index (χ1) is 22.0. The van der Waals surface area contributed by atoms with Gasteiger partial charge in [0.2, 0.25) is 17.7 Å². The van der Waals surface area contributed by atoms with Crippen LogP contribution in [0.5, 0.6) is 0 Å². The number of likely N-dealkylation sites (N-methyl/N-ethyl adjacent to an activating group) is 1. The van der Waals surface area contributed by atoms with E-state index >= 15 is 4.39 Å². The molecule has 4 amide bonds. The number of piperazine rings is 1. The Labute approximate surface area is 275 Å². The number of aromatic nitrogens is 2. The van der Waals surface area contributed by atoms with Crippen LogP contribution in [-0.4, -0.2) is 88.5 Å². The first kappa shape index (κ1) is 35.3. The molecule has 1 aromatic carbocycles. The second kappa shape index (κ2) is 16.4. The highest BCUT2D eigenvalue weighted by Gasteiger charge is 2.35. The number of carbonyl (C=O) groups is 4. The van der Waals surface area contributed by atoms with Crippen LogP contribution in [0.15, 0.2) is 24.4 Å². The minimum atomic E-state index is -0.945. The van der Waals surface area contributed by atoms with Crippen molar-refractivity contribution in [1.82, 2.24) is 30.2 Å². The Bertz CT molecular complexity index is 1390. The number of hydrogen-bond acceptors (Lipinski definition) is 6. The van der Waals surface area contributed by atoms with Gasteiger partial charge in [0.15, 0.2) is 0 Å². The smallest absolute Gasteiger partial charge is 0.270 e. The molecule has 1 aromatic heterocycles. The number of rotatable bonds is 11. The van der Waals surface area contributed by atoms with Gasteiger partial charge in [-0.05, 0) is 56.5 Å². The summed E-state index contributed by atoms with van der Waals surface area (Å²) < 4.78 is 17.3. The SMILES string of the molecule is CCC(=O)N[C@@H](C(=O)N1CCN(C)CC1)[C@@H](C)c1cc(F)c(NC(=O)[C@@H](NC(=O)c2ccnn2CC)C2CCCCCC2)cc1Cl. The van der Waals surface area contributed by atoms with Crippen LogP contribution in [0.3, 0.4) is 0 Å². The molecule has 2 heterocycles. The number of hydrogen-bond donors (Lipinski definition) is 3. The van der Waals surface area contributed by atoms with E-state index in [1.54, 1.807) is 29.5 Å². The molecule has 0 spiro atoms. The third-order valence-electron chi connectivity index (χ3n) is 9.24. The predicted octanol–water partition coefficient (Wildman–Crippen LogP) is 4.18. The van der Waals surface area contributed by atoms with E-state index in [1.165, 1.54) is 18.3 Å². The van der Waals surface area contributed by atoms with Crippen molar-refractivity contribution in [3.05, 3.63) is 46.5 Å². The molecule has 2 fully saturated rings. The Morgan fingerprint density at radius 2 is 1.70 bits per heavy atom. The van der Waals surface area contributed by atoms with Crippen molar-refractivity contribution < 1.29 is 23.6 Å². The lowest BCUT2D eigenvalue weighted by Crippen LogP contribution is -2.55. The number of carbonyl (C=O) groups excluding carboxylic acids is 4. The van der Waals surface area contributed by atoms with Crippen molar-refractivity contribution in [2.45, 2.75) is 90.3 Å². The maximum absolute atomic E-state index is 15.7. The fourth-order valence-corrected chi connectivity index (χ4v) is 6.67. The average Bonchev–Trinajstić information content (AvgIpc) is 3.38. The third kappa shape index (κ3) is 8.64. The van der Waals surface area contributed by atoms with E-state index in [0.29, 0.717) is 44.0 Å². The summed E-state index contributed by atoms with van der Waals surface area (Å²) in [6.45, 7) is 8.26. The Kier molecular flexibility index (Phi) is 12.6. The van der Waals surface area contributed by atoms with Crippen LogP contribution in [-0.2, 0) is 20.9 Å². The minimum absolute atomic E-state index is 0.120. The van der Waals surface area contributed by atoms with Crippen LogP contribution >= 0.6 is 11.6 Å². The largest absolute Gasteiger partial charge is 0.344 e. The summed E-state index contributed by atoms with van der Waals surface area (Å²) in [7, 11) is 1.98. The van der Waals surface area contributed by atoms with Gasteiger partial charge in [0.05, 0.1) is 5.69 Å². The van der Waals surface area contributed by atoms with Gasteiger partial charge in [-0.25, -0.2) is 4.39 Å². The van der Waals surface area contributed by atoms with Gasteiger partial charge in [0.25, 0.3) is 5.91 Å². The molecular weight excluding hydrogens is 613 g/mol. The minimum Gasteiger partial charge on any atom is -0.344 e. The molecule has 1 saturated heterocycles. The standard InChI is InChI=1S/C33H47ClFN7O4/c1-5-28(43)38-29(33(46)41-17-15-40(4)16-18-41)21(3)23-19-25(35)26(20-24(23)34)37-32(45)30(22-11-9-7-8-10-12-22)39-31(44)27-13-14-36-42(27)6-2/h13-14,19-22,29-30H,5-12,15-18H2,1-4H3,(H,37,45)(H,38,43)(H,39,44)/t21-,29+,30-/m0/s1. The van der Waals surface area contributed by atoms with Crippen molar-refractivity contribution in [3.63, 3.8) is 0 Å². The molecule has 252 valence electrons. The van der Waals surface area contributed by atoms with Gasteiger partial charge < -0.3 is 25.8 Å². The van der Waals surface area contributed by atoms with Crippen molar-refractivity contribution in [2.24, 2.45) is 5.92 Å². The van der Waals surface area contributed by atoms with Crippen molar-refractivity contribution in [1.29, 1.82) is 0 Å². The van der Waals surface area contributed by atoms with Gasteiger partial charge in [-0.15, -0.1) is 0 Å². The van der Waals surface area contributed by atoms with E-state index < -0.39 is 35.6 Å². The Balaban J connectivity index is 1.56. The molecule has 1 aliphatic carbocycles. The number of amides is 4. The van der Waals surface area contributed by atoms with Gasteiger partial charge in [-0.3, -0.25) is 23.9 Å². The van der Waals surface area contributed by atoms with E-state index in [9.17, 15) is 19.2 Å². The van der Waals surface area contributed by atoms with Crippen LogP contribution in [0.4, 0.5) is 10.1 Å². The maximum Gasteiger partial charge on any atom is 0.270 e. The van der Waals surface area contributed by atoms with Crippen molar-refractivity contribution >= 4 is 40.9 Å². The summed E-state index contributed by atoms with van der Waals surface area (Å²) in [6, 6.07) is 2.31. The fraction of sp³-hybridized carbons (Fsp3) is 0.606. The number of aryl methyl sites for hydroxylation is 1. The monoisotopic (exact) mass is 659 g/mol. The fourth-order valence-electron chi connectivity index (χ4n) is 6.33. The molecule has 0 unspecified atom stereocenters. The lowest BCUT2D eigenvalue weighted by atomic mass is 9.90. The summed E-state index contributed by atoms with van der Waals surface area (Å²) in [5, 5.41) is 12.7. The molecule has 4 rings (SSSR count). The maximum atomic E-state index is 15.7. The Morgan fingerprint density at radius 1 is 1.02 bits per heavy atom. The Morgan fingerprint density at radius 3 is 2.33 bits per heavy atom. The summed E-state index contributed by atoms with van der Waals surface area (Å²) >= 11 is 6.70. The summed E-state index contributed by atoms with van der Waals surface area (Å²) in [4.78, 5) is 56.9. The van der Waals surface area contributed by atoms with E-state index in [0.717, 1.165) is 38.5 Å². The summed E-state index contributed by atoms with van der Waals surface area (Å²) in [5.41, 5.74) is 0.553. The van der Waals surface area contributed by atoms with Gasteiger partial charge in [0, 0.05) is 56.3 Å². The summed E-state index contributed by atoms with van der Waals surface area (Å²) in [5.74, 6) is -3.01. The van der Waals surface area contributed by atoms with E-state index in [-0.39, 0.29) is 34.9 Å². The normalized spacial score (nSPS) is 18.3. The summed E-state index contributed by atoms with van der Waals surface area (Å²) in [6.07, 6.45) is 7.24. The average molecular weight is 660 g/mol. The highest BCUT2D eigenvalue weighted by Crippen LogP contribution is 2.33. The molecule has 2 aromatic rings. The van der Waals surface area contributed by atoms with Crippen LogP contribution < -0.4 is 16.0 Å². The van der Waals surface area contributed by atoms with Crippen molar-refractivity contribution in [2.75, 3.05) is 38.5 Å². The van der Waals surface area contributed by atoms with Crippen LogP contribution in [0.1, 0.15) is 87.7 Å². The van der Waals surface area contributed by atoms with Gasteiger partial charge in [-0.2, -0.15) is 5.10 Å². The van der Waals surface area contributed by atoms with Gasteiger partial charge in [0.1, 0.15) is 23.6 Å². The van der Waals surface area contributed by atoms with Crippen molar-refractivity contribution in [3.8, 4) is 0 Å². The van der Waals surface area contributed by atoms with E-state index in [4.69, 9.17) is 11.6 Å². The zero-order valence-corrected chi connectivity index (χ0v) is 28.0. The number of halogens is 2. The first-order valence-electron chi connectivity index (χ1n) is 16.4. The molecule has 3 N–H and O–H groups in total. The molecule has 0 radical (unpaired) electrons. The third-order valence-corrected chi connectivity index (χ3v) is 9.57. The molecule has 1 aliphatic heterocycles. The van der Waals surface area contributed by atoms with Gasteiger partial charge in [-0.1, -0.05) is 51.1 Å². The molecule has 2 aliphatic rings. The zero-order chi connectivity index (χ0) is 33.4. The molecule has 11 nitrogen and oxygen atoms in total. The quantitative estimate of drug-likeness (QED) is 0.311. The molecule has 1 saturated carbocycles. The van der Waals surface area contributed by atoms with Crippen LogP contribution in [0.2, 0.25) is 5.02 Å². The number of nitrogens with one attached hydrogen (secondary N) is 3. The molecule has 13 heteroatoms. The van der Waals surface area contributed by atoms with E-state index in [2.05, 4.69) is 25.9 Å². The lowest BCUT2D eigenvalue weighted by molar-refractivity contribution is -0.138. The predicted molar refractivity (Wildman–Crippen MR) is 175 cm³/mol. The molecule has 3 atom stereocenters. The lowest BCUT2D eigenvalue weighted by Gasteiger charge is -2.36. The molecule has 0 bridgehead atoms. The second-order valence-electron chi connectivity index (χ2n) is 12.4.